The molecule has 2 aliphatic carbocycles. The van der Waals surface area contributed by atoms with Crippen molar-refractivity contribution in [1.29, 1.82) is 0 Å². The zero-order valence-corrected chi connectivity index (χ0v) is 11.1. The van der Waals surface area contributed by atoms with E-state index in [1.807, 2.05) is 0 Å². The summed E-state index contributed by atoms with van der Waals surface area (Å²) in [6, 6.07) is 0. The summed E-state index contributed by atoms with van der Waals surface area (Å²) in [5, 5.41) is 19.4. The standard InChI is InChI=1S/C13H20O6/c1-6(5-18-7(2)14)13(17)19-10-4-8-3-9(10)12(16)11(8)15/h6,8-12,15-16H,3-5H2,1-2H3. The van der Waals surface area contributed by atoms with E-state index in [-0.39, 0.29) is 24.5 Å². The van der Waals surface area contributed by atoms with Gasteiger partial charge in [-0.05, 0) is 25.7 Å². The molecule has 6 atom stereocenters. The predicted molar refractivity (Wildman–Crippen MR) is 63.9 cm³/mol. The van der Waals surface area contributed by atoms with E-state index >= 15 is 0 Å². The van der Waals surface area contributed by atoms with Crippen LogP contribution in [-0.2, 0) is 19.1 Å². The summed E-state index contributed by atoms with van der Waals surface area (Å²) >= 11 is 0. The van der Waals surface area contributed by atoms with Gasteiger partial charge < -0.3 is 19.7 Å². The van der Waals surface area contributed by atoms with Crippen LogP contribution in [0.5, 0.6) is 0 Å². The highest BCUT2D eigenvalue weighted by Gasteiger charge is 2.53. The number of aliphatic hydroxyl groups excluding tert-OH is 2. The van der Waals surface area contributed by atoms with Gasteiger partial charge in [-0.15, -0.1) is 0 Å². The molecule has 108 valence electrons. The number of carbonyl (C=O) groups excluding carboxylic acids is 2. The molecule has 2 N–H and O–H groups in total. The molecule has 2 aliphatic rings. The van der Waals surface area contributed by atoms with Crippen LogP contribution >= 0.6 is 0 Å². The second-order valence-electron chi connectivity index (χ2n) is 5.56. The lowest BCUT2D eigenvalue weighted by molar-refractivity contribution is -0.164. The lowest BCUT2D eigenvalue weighted by Gasteiger charge is -2.30. The average molecular weight is 272 g/mol. The van der Waals surface area contributed by atoms with Crippen molar-refractivity contribution >= 4 is 11.9 Å². The highest BCUT2D eigenvalue weighted by molar-refractivity contribution is 5.73. The molecule has 0 amide bonds. The normalized spacial score (nSPS) is 38.0. The molecule has 0 saturated heterocycles. The summed E-state index contributed by atoms with van der Waals surface area (Å²) in [4.78, 5) is 22.5. The van der Waals surface area contributed by atoms with Gasteiger partial charge in [0.15, 0.2) is 0 Å². The molecule has 0 aromatic carbocycles. The fraction of sp³-hybridized carbons (Fsp3) is 0.846. The predicted octanol–water partition coefficient (Wildman–Crippen LogP) is -0.141. The molecule has 6 unspecified atom stereocenters. The molecule has 19 heavy (non-hydrogen) atoms. The van der Waals surface area contributed by atoms with Crippen LogP contribution in [-0.4, -0.2) is 47.1 Å². The van der Waals surface area contributed by atoms with Crippen LogP contribution in [0.2, 0.25) is 0 Å². The highest BCUT2D eigenvalue weighted by Crippen LogP contribution is 2.46. The van der Waals surface area contributed by atoms with Crippen LogP contribution in [0.15, 0.2) is 0 Å². The van der Waals surface area contributed by atoms with Crippen LogP contribution in [0, 0.1) is 17.8 Å². The quantitative estimate of drug-likeness (QED) is 0.692. The summed E-state index contributed by atoms with van der Waals surface area (Å²) in [5.74, 6) is -1.55. The smallest absolute Gasteiger partial charge is 0.312 e. The van der Waals surface area contributed by atoms with E-state index in [4.69, 9.17) is 9.47 Å². The Bertz CT molecular complexity index is 366. The van der Waals surface area contributed by atoms with Gasteiger partial charge in [0, 0.05) is 12.8 Å². The largest absolute Gasteiger partial charge is 0.465 e. The first kappa shape index (κ1) is 14.3. The molecule has 2 fully saturated rings. The van der Waals surface area contributed by atoms with E-state index in [0.717, 1.165) is 0 Å². The molecule has 2 rings (SSSR count). The van der Waals surface area contributed by atoms with E-state index in [0.29, 0.717) is 12.8 Å². The number of hydrogen-bond acceptors (Lipinski definition) is 6. The van der Waals surface area contributed by atoms with Gasteiger partial charge in [-0.1, -0.05) is 0 Å². The number of ether oxygens (including phenoxy) is 2. The number of esters is 2. The van der Waals surface area contributed by atoms with Gasteiger partial charge in [-0.2, -0.15) is 0 Å². The Labute approximate surface area is 111 Å². The minimum Gasteiger partial charge on any atom is -0.465 e. The fourth-order valence-electron chi connectivity index (χ4n) is 2.95. The van der Waals surface area contributed by atoms with E-state index in [1.54, 1.807) is 6.92 Å². The Morgan fingerprint density at radius 2 is 1.95 bits per heavy atom. The molecule has 6 nitrogen and oxygen atoms in total. The van der Waals surface area contributed by atoms with Crippen molar-refractivity contribution in [2.24, 2.45) is 17.8 Å². The Morgan fingerprint density at radius 1 is 1.26 bits per heavy atom. The van der Waals surface area contributed by atoms with Crippen LogP contribution < -0.4 is 0 Å². The van der Waals surface area contributed by atoms with Gasteiger partial charge in [0.2, 0.25) is 0 Å². The molecule has 0 aromatic rings. The minimum atomic E-state index is -0.805. The summed E-state index contributed by atoms with van der Waals surface area (Å²) in [6.45, 7) is 2.91. The number of aliphatic hydroxyl groups is 2. The summed E-state index contributed by atoms with van der Waals surface area (Å²) in [6.07, 6.45) is -0.553. The average Bonchev–Trinajstić information content (AvgIpc) is 2.87. The summed E-state index contributed by atoms with van der Waals surface area (Å²) in [5.41, 5.74) is 0. The zero-order valence-electron chi connectivity index (χ0n) is 11.1. The molecule has 2 saturated carbocycles. The molecular formula is C13H20O6. The molecule has 0 heterocycles. The second kappa shape index (κ2) is 5.46. The van der Waals surface area contributed by atoms with Crippen molar-refractivity contribution in [2.75, 3.05) is 6.61 Å². The van der Waals surface area contributed by atoms with Crippen molar-refractivity contribution < 1.29 is 29.3 Å². The third-order valence-corrected chi connectivity index (χ3v) is 4.07. The van der Waals surface area contributed by atoms with Crippen LogP contribution in [0.4, 0.5) is 0 Å². The topological polar surface area (TPSA) is 93.1 Å². The number of carbonyl (C=O) groups is 2. The third kappa shape index (κ3) is 2.90. The Hall–Kier alpha value is -1.14. The van der Waals surface area contributed by atoms with Crippen molar-refractivity contribution in [3.8, 4) is 0 Å². The van der Waals surface area contributed by atoms with E-state index in [1.165, 1.54) is 6.92 Å². The first-order valence-electron chi connectivity index (χ1n) is 6.60. The van der Waals surface area contributed by atoms with Gasteiger partial charge in [0.05, 0.1) is 18.1 Å². The Kier molecular flexibility index (Phi) is 4.10. The molecular weight excluding hydrogens is 252 g/mol. The second-order valence-corrected chi connectivity index (χ2v) is 5.56. The van der Waals surface area contributed by atoms with E-state index in [2.05, 4.69) is 0 Å². The first-order chi connectivity index (χ1) is 8.90. The zero-order chi connectivity index (χ0) is 14.2. The third-order valence-electron chi connectivity index (χ3n) is 4.07. The molecule has 0 spiro atoms. The van der Waals surface area contributed by atoms with Crippen molar-refractivity contribution in [3.63, 3.8) is 0 Å². The van der Waals surface area contributed by atoms with Gasteiger partial charge in [0.25, 0.3) is 0 Å². The maximum Gasteiger partial charge on any atom is 0.312 e. The minimum absolute atomic E-state index is 0.000159. The van der Waals surface area contributed by atoms with Crippen LogP contribution in [0.3, 0.4) is 0 Å². The van der Waals surface area contributed by atoms with E-state index < -0.39 is 30.1 Å². The highest BCUT2D eigenvalue weighted by atomic mass is 16.6. The monoisotopic (exact) mass is 272 g/mol. The van der Waals surface area contributed by atoms with Crippen molar-refractivity contribution in [2.45, 2.75) is 45.0 Å². The van der Waals surface area contributed by atoms with E-state index in [9.17, 15) is 19.8 Å². The molecule has 0 radical (unpaired) electrons. The van der Waals surface area contributed by atoms with Crippen LogP contribution in [0.25, 0.3) is 0 Å². The maximum atomic E-state index is 11.8. The van der Waals surface area contributed by atoms with Gasteiger partial charge in [0.1, 0.15) is 12.7 Å². The molecule has 0 aliphatic heterocycles. The van der Waals surface area contributed by atoms with Gasteiger partial charge in [-0.3, -0.25) is 9.59 Å². The van der Waals surface area contributed by atoms with Gasteiger partial charge >= 0.3 is 11.9 Å². The van der Waals surface area contributed by atoms with Crippen molar-refractivity contribution in [1.82, 2.24) is 0 Å². The van der Waals surface area contributed by atoms with Crippen LogP contribution in [0.1, 0.15) is 26.7 Å². The Morgan fingerprint density at radius 3 is 2.47 bits per heavy atom. The summed E-state index contributed by atoms with van der Waals surface area (Å²) in [7, 11) is 0. The lowest BCUT2D eigenvalue weighted by Crippen LogP contribution is -2.41. The molecule has 0 aromatic heterocycles. The fourth-order valence-corrected chi connectivity index (χ4v) is 2.95. The van der Waals surface area contributed by atoms with Crippen molar-refractivity contribution in [3.05, 3.63) is 0 Å². The number of rotatable bonds is 4. The number of fused-ring (bicyclic) bond motifs is 2. The molecule has 2 bridgehead atoms. The Balaban J connectivity index is 1.82. The van der Waals surface area contributed by atoms with Gasteiger partial charge in [-0.25, -0.2) is 0 Å². The SMILES string of the molecule is CC(=O)OCC(C)C(=O)OC1CC2CC1C(O)C2O. The molecule has 6 heteroatoms. The number of hydrogen-bond donors (Lipinski definition) is 2. The summed E-state index contributed by atoms with van der Waals surface area (Å²) < 4.78 is 10.1. The first-order valence-corrected chi connectivity index (χ1v) is 6.60. The maximum absolute atomic E-state index is 11.8. The lowest BCUT2D eigenvalue weighted by atomic mass is 9.92.